The highest BCUT2D eigenvalue weighted by atomic mass is 127. The van der Waals surface area contributed by atoms with Crippen LogP contribution in [0.1, 0.15) is 36.7 Å². The number of nitrogens with zero attached hydrogens (tertiary/aromatic N) is 4. The zero-order valence-electron chi connectivity index (χ0n) is 16.5. The van der Waals surface area contributed by atoms with E-state index in [9.17, 15) is 0 Å². The number of hydrogen-bond donors (Lipinski definition) is 2. The van der Waals surface area contributed by atoms with Gasteiger partial charge in [0, 0.05) is 25.1 Å². The lowest BCUT2D eigenvalue weighted by Gasteiger charge is -2.19. The SMILES string of the molecule is CCNC(=NCc1ncccc1C)NC(C)c1cccc(-n2cccn2)c1.I. The predicted molar refractivity (Wildman–Crippen MR) is 124 cm³/mol. The molecular weight excluding hydrogens is 463 g/mol. The fraction of sp³-hybridized carbons (Fsp3) is 0.286. The number of hydrogen-bond acceptors (Lipinski definition) is 3. The Hall–Kier alpha value is -2.42. The predicted octanol–water partition coefficient (Wildman–Crippen LogP) is 4.01. The first-order chi connectivity index (χ1) is 13.2. The molecule has 1 aromatic carbocycles. The summed E-state index contributed by atoms with van der Waals surface area (Å²) in [4.78, 5) is 9.11. The summed E-state index contributed by atoms with van der Waals surface area (Å²) in [6.07, 6.45) is 5.53. The summed E-state index contributed by atoms with van der Waals surface area (Å²) in [7, 11) is 0. The van der Waals surface area contributed by atoms with Crippen molar-refractivity contribution in [2.45, 2.75) is 33.4 Å². The summed E-state index contributed by atoms with van der Waals surface area (Å²) in [5.74, 6) is 0.777. The highest BCUT2D eigenvalue weighted by Crippen LogP contribution is 2.16. The van der Waals surface area contributed by atoms with E-state index in [0.717, 1.165) is 29.4 Å². The smallest absolute Gasteiger partial charge is 0.192 e. The van der Waals surface area contributed by atoms with Crippen LogP contribution in [0.25, 0.3) is 5.69 Å². The minimum Gasteiger partial charge on any atom is -0.357 e. The maximum Gasteiger partial charge on any atom is 0.192 e. The Balaban J connectivity index is 0.00000280. The third-order valence-electron chi connectivity index (χ3n) is 4.34. The van der Waals surface area contributed by atoms with Crippen molar-refractivity contribution in [2.24, 2.45) is 4.99 Å². The van der Waals surface area contributed by atoms with Crippen molar-refractivity contribution in [1.82, 2.24) is 25.4 Å². The van der Waals surface area contributed by atoms with Crippen LogP contribution in [0.2, 0.25) is 0 Å². The highest BCUT2D eigenvalue weighted by molar-refractivity contribution is 14.0. The minimum atomic E-state index is 0. The summed E-state index contributed by atoms with van der Waals surface area (Å²) in [5, 5.41) is 11.1. The van der Waals surface area contributed by atoms with Crippen LogP contribution in [-0.4, -0.2) is 27.3 Å². The molecule has 6 nitrogen and oxygen atoms in total. The first-order valence-electron chi connectivity index (χ1n) is 9.22. The average Bonchev–Trinajstić information content (AvgIpc) is 3.22. The summed E-state index contributed by atoms with van der Waals surface area (Å²) >= 11 is 0. The molecule has 28 heavy (non-hydrogen) atoms. The zero-order valence-corrected chi connectivity index (χ0v) is 18.8. The van der Waals surface area contributed by atoms with Gasteiger partial charge in [0.2, 0.25) is 0 Å². The molecule has 0 aliphatic heterocycles. The Bertz CT molecular complexity index is 891. The van der Waals surface area contributed by atoms with E-state index in [4.69, 9.17) is 4.99 Å². The number of rotatable bonds is 6. The van der Waals surface area contributed by atoms with Crippen molar-refractivity contribution in [3.05, 3.63) is 77.9 Å². The van der Waals surface area contributed by atoms with Crippen LogP contribution in [0.4, 0.5) is 0 Å². The number of aliphatic imine (C=N–C) groups is 1. The summed E-state index contributed by atoms with van der Waals surface area (Å²) < 4.78 is 1.86. The zero-order chi connectivity index (χ0) is 19.1. The Morgan fingerprint density at radius 1 is 1.18 bits per heavy atom. The molecule has 0 aliphatic carbocycles. The van der Waals surface area contributed by atoms with Crippen molar-refractivity contribution < 1.29 is 0 Å². The van der Waals surface area contributed by atoms with Crippen LogP contribution < -0.4 is 10.6 Å². The van der Waals surface area contributed by atoms with Crippen molar-refractivity contribution in [1.29, 1.82) is 0 Å². The molecule has 0 spiro atoms. The van der Waals surface area contributed by atoms with E-state index in [1.807, 2.05) is 41.3 Å². The average molecular weight is 490 g/mol. The molecule has 0 fully saturated rings. The van der Waals surface area contributed by atoms with E-state index in [1.165, 1.54) is 5.56 Å². The van der Waals surface area contributed by atoms with Crippen LogP contribution in [0.3, 0.4) is 0 Å². The summed E-state index contributed by atoms with van der Waals surface area (Å²) in [6, 6.07) is 14.4. The maximum absolute atomic E-state index is 4.70. The molecule has 3 aromatic rings. The van der Waals surface area contributed by atoms with Gasteiger partial charge < -0.3 is 10.6 Å². The normalized spacial score (nSPS) is 12.2. The van der Waals surface area contributed by atoms with E-state index in [0.29, 0.717) is 6.54 Å². The molecule has 0 bridgehead atoms. The van der Waals surface area contributed by atoms with Gasteiger partial charge in [-0.25, -0.2) is 9.67 Å². The molecule has 0 saturated carbocycles. The molecule has 148 valence electrons. The van der Waals surface area contributed by atoms with Gasteiger partial charge in [-0.1, -0.05) is 18.2 Å². The van der Waals surface area contributed by atoms with E-state index < -0.39 is 0 Å². The van der Waals surface area contributed by atoms with Crippen molar-refractivity contribution in [2.75, 3.05) is 6.54 Å². The second-order valence-electron chi connectivity index (χ2n) is 6.37. The van der Waals surface area contributed by atoms with Crippen molar-refractivity contribution in [3.63, 3.8) is 0 Å². The first kappa shape index (κ1) is 21.9. The monoisotopic (exact) mass is 490 g/mol. The maximum atomic E-state index is 4.70. The van der Waals surface area contributed by atoms with E-state index in [-0.39, 0.29) is 30.0 Å². The number of aromatic nitrogens is 3. The lowest BCUT2D eigenvalue weighted by atomic mass is 10.1. The molecule has 0 radical (unpaired) electrons. The Morgan fingerprint density at radius 3 is 2.75 bits per heavy atom. The molecule has 2 heterocycles. The molecule has 2 aromatic heterocycles. The topological polar surface area (TPSA) is 67.1 Å². The number of benzene rings is 1. The van der Waals surface area contributed by atoms with Crippen LogP contribution >= 0.6 is 24.0 Å². The lowest BCUT2D eigenvalue weighted by Crippen LogP contribution is -2.38. The molecular formula is C21H27IN6. The third-order valence-corrected chi connectivity index (χ3v) is 4.34. The quantitative estimate of drug-likeness (QED) is 0.312. The number of nitrogens with one attached hydrogen (secondary N) is 2. The van der Waals surface area contributed by atoms with E-state index >= 15 is 0 Å². The van der Waals surface area contributed by atoms with Crippen LogP contribution in [-0.2, 0) is 6.54 Å². The largest absolute Gasteiger partial charge is 0.357 e. The van der Waals surface area contributed by atoms with Gasteiger partial charge in [-0.15, -0.1) is 24.0 Å². The van der Waals surface area contributed by atoms with Crippen molar-refractivity contribution >= 4 is 29.9 Å². The molecule has 0 aliphatic rings. The second-order valence-corrected chi connectivity index (χ2v) is 6.37. The number of pyridine rings is 1. The molecule has 1 atom stereocenters. The molecule has 3 rings (SSSR count). The van der Waals surface area contributed by atoms with Gasteiger partial charge in [-0.3, -0.25) is 4.98 Å². The Kier molecular flexibility index (Phi) is 8.43. The molecule has 0 saturated heterocycles. The van der Waals surface area contributed by atoms with Gasteiger partial charge in [0.05, 0.1) is 24.0 Å². The Morgan fingerprint density at radius 2 is 2.04 bits per heavy atom. The van der Waals surface area contributed by atoms with Gasteiger partial charge in [0.15, 0.2) is 5.96 Å². The van der Waals surface area contributed by atoms with Gasteiger partial charge in [0.1, 0.15) is 0 Å². The first-order valence-corrected chi connectivity index (χ1v) is 9.22. The molecule has 1 unspecified atom stereocenters. The van der Waals surface area contributed by atoms with E-state index in [1.54, 1.807) is 6.20 Å². The van der Waals surface area contributed by atoms with Crippen LogP contribution in [0, 0.1) is 6.92 Å². The van der Waals surface area contributed by atoms with Crippen LogP contribution in [0.5, 0.6) is 0 Å². The number of aryl methyl sites for hydroxylation is 1. The number of guanidine groups is 1. The van der Waals surface area contributed by atoms with Gasteiger partial charge in [-0.05, 0) is 56.2 Å². The molecule has 0 amide bonds. The second kappa shape index (κ2) is 10.8. The third kappa shape index (κ3) is 5.79. The Labute approximate surface area is 183 Å². The minimum absolute atomic E-state index is 0. The standard InChI is InChI=1S/C21H26N6.HI/c1-4-22-21(24-15-20-16(2)8-6-11-23-20)26-17(3)18-9-5-10-19(14-18)27-13-7-12-25-27;/h5-14,17H,4,15H2,1-3H3,(H2,22,24,26);1H. The summed E-state index contributed by atoms with van der Waals surface area (Å²) in [6.45, 7) is 7.59. The molecule has 7 heteroatoms. The summed E-state index contributed by atoms with van der Waals surface area (Å²) in [5.41, 5.74) is 4.35. The highest BCUT2D eigenvalue weighted by Gasteiger charge is 2.09. The van der Waals surface area contributed by atoms with Gasteiger partial charge in [-0.2, -0.15) is 5.10 Å². The van der Waals surface area contributed by atoms with Gasteiger partial charge in [0.25, 0.3) is 0 Å². The lowest BCUT2D eigenvalue weighted by molar-refractivity contribution is 0.684. The van der Waals surface area contributed by atoms with Crippen molar-refractivity contribution in [3.8, 4) is 5.69 Å². The fourth-order valence-electron chi connectivity index (χ4n) is 2.80. The van der Waals surface area contributed by atoms with Gasteiger partial charge >= 0.3 is 0 Å². The fourth-order valence-corrected chi connectivity index (χ4v) is 2.80. The van der Waals surface area contributed by atoms with E-state index in [2.05, 4.69) is 59.7 Å². The number of halogens is 1. The molecule has 2 N–H and O–H groups in total. The van der Waals surface area contributed by atoms with Crippen LogP contribution in [0.15, 0.2) is 66.0 Å².